The van der Waals surface area contributed by atoms with E-state index in [1.54, 1.807) is 18.2 Å². The molecule has 0 aliphatic carbocycles. The number of carbonyl (C=O) groups is 1. The first-order valence-corrected chi connectivity index (χ1v) is 5.81. The molecular formula is C14H11ClFNO. The number of hydrogen-bond donors (Lipinski definition) is 1. The van der Waals surface area contributed by atoms with Crippen LogP contribution in [0.5, 0.6) is 0 Å². The fraction of sp³-hybridized carbons (Fsp3) is 0.0714. The molecule has 0 atom stereocenters. The van der Waals surface area contributed by atoms with Gasteiger partial charge in [-0.15, -0.1) is 0 Å². The first-order chi connectivity index (χ1) is 8.63. The van der Waals surface area contributed by atoms with Gasteiger partial charge in [-0.25, -0.2) is 4.39 Å². The summed E-state index contributed by atoms with van der Waals surface area (Å²) >= 11 is 5.83. The van der Waals surface area contributed by atoms with Crippen molar-refractivity contribution in [2.45, 2.75) is 6.42 Å². The minimum absolute atomic E-state index is 0.163. The van der Waals surface area contributed by atoms with Gasteiger partial charge in [0.15, 0.2) is 0 Å². The molecule has 2 aromatic carbocycles. The number of amides is 1. The molecular weight excluding hydrogens is 253 g/mol. The van der Waals surface area contributed by atoms with E-state index in [4.69, 9.17) is 11.6 Å². The third-order valence-electron chi connectivity index (χ3n) is 2.38. The van der Waals surface area contributed by atoms with Gasteiger partial charge < -0.3 is 5.32 Å². The summed E-state index contributed by atoms with van der Waals surface area (Å²) in [4.78, 5) is 11.7. The molecule has 0 fully saturated rings. The van der Waals surface area contributed by atoms with E-state index < -0.39 is 0 Å². The zero-order chi connectivity index (χ0) is 13.0. The van der Waals surface area contributed by atoms with Crippen LogP contribution in [0.3, 0.4) is 0 Å². The number of rotatable bonds is 3. The second-order valence-corrected chi connectivity index (χ2v) is 4.30. The van der Waals surface area contributed by atoms with Gasteiger partial charge in [0.1, 0.15) is 5.82 Å². The van der Waals surface area contributed by atoms with Crippen LogP contribution in [0.15, 0.2) is 48.5 Å². The second kappa shape index (κ2) is 5.65. The molecule has 1 amide bonds. The van der Waals surface area contributed by atoms with E-state index >= 15 is 0 Å². The summed E-state index contributed by atoms with van der Waals surface area (Å²) in [5.41, 5.74) is 1.41. The number of benzene rings is 2. The number of carbonyl (C=O) groups excluding carboxylic acids is 1. The Kier molecular flexibility index (Phi) is 3.95. The van der Waals surface area contributed by atoms with E-state index in [1.807, 2.05) is 6.07 Å². The van der Waals surface area contributed by atoms with E-state index in [1.165, 1.54) is 24.3 Å². The second-order valence-electron chi connectivity index (χ2n) is 3.86. The lowest BCUT2D eigenvalue weighted by atomic mass is 10.1. The van der Waals surface area contributed by atoms with Crippen LogP contribution in [-0.4, -0.2) is 5.91 Å². The molecule has 18 heavy (non-hydrogen) atoms. The summed E-state index contributed by atoms with van der Waals surface area (Å²) < 4.78 is 12.7. The third kappa shape index (κ3) is 3.57. The summed E-state index contributed by atoms with van der Waals surface area (Å²) in [6, 6.07) is 12.8. The van der Waals surface area contributed by atoms with Gasteiger partial charge in [0.2, 0.25) is 5.91 Å². The van der Waals surface area contributed by atoms with E-state index in [-0.39, 0.29) is 18.1 Å². The summed E-state index contributed by atoms with van der Waals surface area (Å²) in [5, 5.41) is 3.29. The highest BCUT2D eigenvalue weighted by Gasteiger charge is 2.04. The molecule has 2 aromatic rings. The molecule has 92 valence electrons. The fourth-order valence-electron chi connectivity index (χ4n) is 1.57. The van der Waals surface area contributed by atoms with Gasteiger partial charge in [-0.3, -0.25) is 4.79 Å². The Bertz CT molecular complexity index is 554. The Hall–Kier alpha value is -1.87. The van der Waals surface area contributed by atoms with E-state index in [2.05, 4.69) is 5.32 Å². The van der Waals surface area contributed by atoms with Gasteiger partial charge in [0.05, 0.1) is 6.42 Å². The monoisotopic (exact) mass is 263 g/mol. The molecule has 0 saturated carbocycles. The quantitative estimate of drug-likeness (QED) is 0.900. The maximum atomic E-state index is 12.7. The van der Waals surface area contributed by atoms with Crippen LogP contribution < -0.4 is 5.32 Å². The highest BCUT2D eigenvalue weighted by Crippen LogP contribution is 2.13. The lowest BCUT2D eigenvalue weighted by Gasteiger charge is -2.05. The maximum absolute atomic E-state index is 12.7. The van der Waals surface area contributed by atoms with Crippen molar-refractivity contribution in [2.75, 3.05) is 5.32 Å². The number of halogens is 2. The number of nitrogens with one attached hydrogen (secondary N) is 1. The molecule has 0 saturated heterocycles. The van der Waals surface area contributed by atoms with E-state index in [0.717, 1.165) is 5.56 Å². The molecule has 0 aromatic heterocycles. The van der Waals surface area contributed by atoms with Gasteiger partial charge in [-0.2, -0.15) is 0 Å². The molecule has 0 spiro atoms. The molecule has 0 aliphatic rings. The molecule has 1 N–H and O–H groups in total. The van der Waals surface area contributed by atoms with Gasteiger partial charge >= 0.3 is 0 Å². The van der Waals surface area contributed by atoms with Crippen LogP contribution in [0.4, 0.5) is 10.1 Å². The Labute approximate surface area is 109 Å². The molecule has 2 rings (SSSR count). The maximum Gasteiger partial charge on any atom is 0.228 e. The topological polar surface area (TPSA) is 29.1 Å². The average Bonchev–Trinajstić information content (AvgIpc) is 2.32. The van der Waals surface area contributed by atoms with Crippen molar-refractivity contribution >= 4 is 23.2 Å². The Morgan fingerprint density at radius 1 is 1.17 bits per heavy atom. The summed E-state index contributed by atoms with van der Waals surface area (Å²) in [6.45, 7) is 0. The van der Waals surface area contributed by atoms with Crippen LogP contribution in [0.25, 0.3) is 0 Å². The van der Waals surface area contributed by atoms with Crippen molar-refractivity contribution in [1.29, 1.82) is 0 Å². The fourth-order valence-corrected chi connectivity index (χ4v) is 1.78. The van der Waals surface area contributed by atoms with Crippen LogP contribution in [0, 0.1) is 5.82 Å². The predicted molar refractivity (Wildman–Crippen MR) is 70.2 cm³/mol. The van der Waals surface area contributed by atoms with Gasteiger partial charge in [-0.1, -0.05) is 23.7 Å². The van der Waals surface area contributed by atoms with Crippen molar-refractivity contribution in [3.05, 3.63) is 64.9 Å². The average molecular weight is 264 g/mol. The lowest BCUT2D eigenvalue weighted by molar-refractivity contribution is -0.115. The largest absolute Gasteiger partial charge is 0.326 e. The number of hydrogen-bond acceptors (Lipinski definition) is 1. The first kappa shape index (κ1) is 12.6. The smallest absolute Gasteiger partial charge is 0.228 e. The molecule has 0 bridgehead atoms. The van der Waals surface area contributed by atoms with Crippen molar-refractivity contribution in [2.24, 2.45) is 0 Å². The highest BCUT2D eigenvalue weighted by molar-refractivity contribution is 6.30. The van der Waals surface area contributed by atoms with Crippen LogP contribution >= 0.6 is 11.6 Å². The highest BCUT2D eigenvalue weighted by atomic mass is 35.5. The number of anilines is 1. The Balaban J connectivity index is 1.98. The van der Waals surface area contributed by atoms with Crippen molar-refractivity contribution in [3.8, 4) is 0 Å². The van der Waals surface area contributed by atoms with Crippen LogP contribution in [-0.2, 0) is 11.2 Å². The van der Waals surface area contributed by atoms with E-state index in [0.29, 0.717) is 10.7 Å². The third-order valence-corrected chi connectivity index (χ3v) is 2.62. The Morgan fingerprint density at radius 3 is 2.56 bits per heavy atom. The molecule has 2 nitrogen and oxygen atoms in total. The molecule has 0 aliphatic heterocycles. The van der Waals surface area contributed by atoms with Gasteiger partial charge in [0, 0.05) is 10.7 Å². The molecule has 0 unspecified atom stereocenters. The van der Waals surface area contributed by atoms with Gasteiger partial charge in [0.25, 0.3) is 0 Å². The van der Waals surface area contributed by atoms with Crippen LogP contribution in [0.1, 0.15) is 5.56 Å². The summed E-state index contributed by atoms with van der Waals surface area (Å²) in [5.74, 6) is -0.494. The molecule has 0 heterocycles. The Morgan fingerprint density at radius 2 is 1.89 bits per heavy atom. The minimum atomic E-state index is -0.331. The zero-order valence-electron chi connectivity index (χ0n) is 9.49. The normalized spacial score (nSPS) is 10.1. The van der Waals surface area contributed by atoms with Crippen molar-refractivity contribution in [1.82, 2.24) is 0 Å². The summed E-state index contributed by atoms with van der Waals surface area (Å²) in [7, 11) is 0. The van der Waals surface area contributed by atoms with E-state index in [9.17, 15) is 9.18 Å². The van der Waals surface area contributed by atoms with Crippen molar-refractivity contribution < 1.29 is 9.18 Å². The minimum Gasteiger partial charge on any atom is -0.326 e. The molecule has 4 heteroatoms. The standard InChI is InChI=1S/C14H11ClFNO/c15-11-3-1-2-10(8-11)9-14(18)17-13-6-4-12(16)5-7-13/h1-8H,9H2,(H,17,18). The van der Waals surface area contributed by atoms with Crippen LogP contribution in [0.2, 0.25) is 5.02 Å². The zero-order valence-corrected chi connectivity index (χ0v) is 10.2. The predicted octanol–water partition coefficient (Wildman–Crippen LogP) is 3.66. The molecule has 0 radical (unpaired) electrons. The van der Waals surface area contributed by atoms with Gasteiger partial charge in [-0.05, 0) is 42.0 Å². The summed E-state index contributed by atoms with van der Waals surface area (Å²) in [6.07, 6.45) is 0.234. The first-order valence-electron chi connectivity index (χ1n) is 5.43. The van der Waals surface area contributed by atoms with Crippen molar-refractivity contribution in [3.63, 3.8) is 0 Å². The lowest BCUT2D eigenvalue weighted by Crippen LogP contribution is -2.14. The SMILES string of the molecule is O=C(Cc1cccc(Cl)c1)Nc1ccc(F)cc1.